The van der Waals surface area contributed by atoms with E-state index < -0.39 is 0 Å². The van der Waals surface area contributed by atoms with E-state index in [2.05, 4.69) is 21.4 Å². The lowest BCUT2D eigenvalue weighted by atomic mass is 10.3. The van der Waals surface area contributed by atoms with Gasteiger partial charge in [0.15, 0.2) is 0 Å². The van der Waals surface area contributed by atoms with Gasteiger partial charge in [0.25, 0.3) is 0 Å². The standard InChI is InChI=1S/C9H12ClN3/c1-7(2)3-4-12-9-6-11-5-8(10)13-9/h3,5-6H,4H2,1-2H3,(H,12,13). The molecular weight excluding hydrogens is 186 g/mol. The number of nitrogens with one attached hydrogen (secondary N) is 1. The molecule has 4 heteroatoms. The molecule has 0 saturated heterocycles. The van der Waals surface area contributed by atoms with Gasteiger partial charge in [-0.2, -0.15) is 0 Å². The van der Waals surface area contributed by atoms with Crippen molar-refractivity contribution >= 4 is 17.4 Å². The van der Waals surface area contributed by atoms with Crippen LogP contribution in [0.25, 0.3) is 0 Å². The van der Waals surface area contributed by atoms with Gasteiger partial charge < -0.3 is 5.32 Å². The molecule has 0 spiro atoms. The predicted octanol–water partition coefficient (Wildman–Crippen LogP) is 2.51. The highest BCUT2D eigenvalue weighted by Crippen LogP contribution is 2.06. The molecule has 1 aromatic rings. The molecule has 0 radical (unpaired) electrons. The monoisotopic (exact) mass is 197 g/mol. The third-order valence-corrected chi connectivity index (χ3v) is 1.58. The van der Waals surface area contributed by atoms with Crippen LogP contribution in [0.15, 0.2) is 24.0 Å². The first kappa shape index (κ1) is 9.99. The first-order valence-electron chi connectivity index (χ1n) is 4.03. The van der Waals surface area contributed by atoms with Crippen LogP contribution in [0.5, 0.6) is 0 Å². The first-order chi connectivity index (χ1) is 6.18. The van der Waals surface area contributed by atoms with Crippen molar-refractivity contribution in [1.29, 1.82) is 0 Å². The summed E-state index contributed by atoms with van der Waals surface area (Å²) in [5.74, 6) is 0.699. The zero-order chi connectivity index (χ0) is 9.68. The molecule has 1 aromatic heterocycles. The first-order valence-corrected chi connectivity index (χ1v) is 4.41. The van der Waals surface area contributed by atoms with Crippen LogP contribution >= 0.6 is 11.6 Å². The van der Waals surface area contributed by atoms with Gasteiger partial charge in [0.2, 0.25) is 0 Å². The maximum atomic E-state index is 5.66. The van der Waals surface area contributed by atoms with Crippen molar-refractivity contribution in [3.63, 3.8) is 0 Å². The lowest BCUT2D eigenvalue weighted by molar-refractivity contribution is 1.15. The Morgan fingerprint density at radius 3 is 2.92 bits per heavy atom. The zero-order valence-electron chi connectivity index (χ0n) is 7.71. The summed E-state index contributed by atoms with van der Waals surface area (Å²) in [5.41, 5.74) is 1.27. The summed E-state index contributed by atoms with van der Waals surface area (Å²) in [6, 6.07) is 0. The molecule has 0 saturated carbocycles. The molecule has 1 heterocycles. The number of allylic oxidation sites excluding steroid dienone is 1. The number of nitrogens with zero attached hydrogens (tertiary/aromatic N) is 2. The van der Waals surface area contributed by atoms with Gasteiger partial charge in [-0.15, -0.1) is 0 Å². The normalized spacial score (nSPS) is 9.46. The highest BCUT2D eigenvalue weighted by Gasteiger charge is 1.93. The van der Waals surface area contributed by atoms with Gasteiger partial charge in [-0.25, -0.2) is 4.98 Å². The Kier molecular flexibility index (Phi) is 3.71. The molecule has 0 aliphatic carbocycles. The Bertz CT molecular complexity index is 305. The number of rotatable bonds is 3. The summed E-state index contributed by atoms with van der Waals surface area (Å²) in [4.78, 5) is 7.94. The van der Waals surface area contributed by atoms with Crippen LogP contribution < -0.4 is 5.32 Å². The van der Waals surface area contributed by atoms with E-state index in [4.69, 9.17) is 11.6 Å². The molecule has 0 atom stereocenters. The maximum Gasteiger partial charge on any atom is 0.149 e. The summed E-state index contributed by atoms with van der Waals surface area (Å²) in [6.07, 6.45) is 5.22. The van der Waals surface area contributed by atoms with Crippen LogP contribution in [0.1, 0.15) is 13.8 Å². The summed E-state index contributed by atoms with van der Waals surface area (Å²) in [6.45, 7) is 4.84. The second-order valence-corrected chi connectivity index (χ2v) is 3.28. The van der Waals surface area contributed by atoms with Crippen LogP contribution in [-0.2, 0) is 0 Å². The van der Waals surface area contributed by atoms with Crippen molar-refractivity contribution < 1.29 is 0 Å². The van der Waals surface area contributed by atoms with Crippen LogP contribution in [0.2, 0.25) is 5.15 Å². The van der Waals surface area contributed by atoms with Crippen molar-refractivity contribution in [1.82, 2.24) is 9.97 Å². The summed E-state index contributed by atoms with van der Waals surface area (Å²) in [7, 11) is 0. The third-order valence-electron chi connectivity index (χ3n) is 1.40. The van der Waals surface area contributed by atoms with Crippen LogP contribution in [0.4, 0.5) is 5.82 Å². The van der Waals surface area contributed by atoms with Gasteiger partial charge in [0, 0.05) is 6.54 Å². The van der Waals surface area contributed by atoms with Crippen molar-refractivity contribution in [3.05, 3.63) is 29.2 Å². The number of hydrogen-bond donors (Lipinski definition) is 1. The molecule has 0 amide bonds. The van der Waals surface area contributed by atoms with E-state index in [-0.39, 0.29) is 0 Å². The van der Waals surface area contributed by atoms with E-state index in [1.807, 2.05) is 13.8 Å². The molecule has 0 aliphatic rings. The van der Waals surface area contributed by atoms with E-state index >= 15 is 0 Å². The molecular formula is C9H12ClN3. The van der Waals surface area contributed by atoms with Gasteiger partial charge in [-0.3, -0.25) is 4.98 Å². The van der Waals surface area contributed by atoms with E-state index in [0.717, 1.165) is 6.54 Å². The van der Waals surface area contributed by atoms with Crippen molar-refractivity contribution in [3.8, 4) is 0 Å². The topological polar surface area (TPSA) is 37.8 Å². The van der Waals surface area contributed by atoms with Crippen LogP contribution in [-0.4, -0.2) is 16.5 Å². The highest BCUT2D eigenvalue weighted by molar-refractivity contribution is 6.29. The molecule has 3 nitrogen and oxygen atoms in total. The van der Waals surface area contributed by atoms with E-state index in [1.54, 1.807) is 6.20 Å². The minimum absolute atomic E-state index is 0.405. The summed E-state index contributed by atoms with van der Waals surface area (Å²) in [5, 5.41) is 3.49. The second kappa shape index (κ2) is 4.82. The predicted molar refractivity (Wildman–Crippen MR) is 55.0 cm³/mol. The van der Waals surface area contributed by atoms with Crippen molar-refractivity contribution in [2.45, 2.75) is 13.8 Å². The smallest absolute Gasteiger partial charge is 0.149 e. The van der Waals surface area contributed by atoms with Gasteiger partial charge >= 0.3 is 0 Å². The van der Waals surface area contributed by atoms with Gasteiger partial charge in [-0.05, 0) is 13.8 Å². The SMILES string of the molecule is CC(C)=CCNc1cncc(Cl)n1. The minimum atomic E-state index is 0.405. The molecule has 70 valence electrons. The number of anilines is 1. The van der Waals surface area contributed by atoms with Crippen LogP contribution in [0.3, 0.4) is 0 Å². The molecule has 1 N–H and O–H groups in total. The maximum absolute atomic E-state index is 5.66. The molecule has 0 aliphatic heterocycles. The fourth-order valence-electron chi connectivity index (χ4n) is 0.787. The van der Waals surface area contributed by atoms with Gasteiger partial charge in [0.05, 0.1) is 12.4 Å². The average Bonchev–Trinajstić information content (AvgIpc) is 2.03. The van der Waals surface area contributed by atoms with Gasteiger partial charge in [-0.1, -0.05) is 23.3 Å². The quantitative estimate of drug-likeness (QED) is 0.757. The lowest BCUT2D eigenvalue weighted by Gasteiger charge is -2.01. The van der Waals surface area contributed by atoms with Gasteiger partial charge in [0.1, 0.15) is 11.0 Å². The highest BCUT2D eigenvalue weighted by atomic mass is 35.5. The largest absolute Gasteiger partial charge is 0.365 e. The van der Waals surface area contributed by atoms with Crippen molar-refractivity contribution in [2.75, 3.05) is 11.9 Å². The summed E-state index contributed by atoms with van der Waals surface area (Å²) < 4.78 is 0. The zero-order valence-corrected chi connectivity index (χ0v) is 8.47. The molecule has 0 aromatic carbocycles. The van der Waals surface area contributed by atoms with E-state index in [1.165, 1.54) is 11.8 Å². The number of aromatic nitrogens is 2. The molecule has 0 fully saturated rings. The van der Waals surface area contributed by atoms with Crippen LogP contribution in [0, 0.1) is 0 Å². The molecule has 13 heavy (non-hydrogen) atoms. The minimum Gasteiger partial charge on any atom is -0.365 e. The summed E-state index contributed by atoms with van der Waals surface area (Å²) >= 11 is 5.66. The Morgan fingerprint density at radius 1 is 1.54 bits per heavy atom. The molecule has 1 rings (SSSR count). The fourth-order valence-corrected chi connectivity index (χ4v) is 0.934. The molecule has 0 bridgehead atoms. The Hall–Kier alpha value is -1.09. The Morgan fingerprint density at radius 2 is 2.31 bits per heavy atom. The van der Waals surface area contributed by atoms with Crippen molar-refractivity contribution in [2.24, 2.45) is 0 Å². The fraction of sp³-hybridized carbons (Fsp3) is 0.333. The Balaban J connectivity index is 2.50. The van der Waals surface area contributed by atoms with E-state index in [9.17, 15) is 0 Å². The number of halogens is 1. The second-order valence-electron chi connectivity index (χ2n) is 2.89. The van der Waals surface area contributed by atoms with E-state index in [0.29, 0.717) is 11.0 Å². The number of hydrogen-bond acceptors (Lipinski definition) is 3. The average molecular weight is 198 g/mol. The Labute approximate surface area is 82.9 Å². The molecule has 0 unspecified atom stereocenters. The lowest BCUT2D eigenvalue weighted by Crippen LogP contribution is -2.01. The third kappa shape index (κ3) is 3.90.